The highest BCUT2D eigenvalue weighted by atomic mass is 32.1. The Morgan fingerprint density at radius 1 is 1.73 bits per heavy atom. The van der Waals surface area contributed by atoms with Crippen molar-refractivity contribution in [2.24, 2.45) is 0 Å². The third-order valence-electron chi connectivity index (χ3n) is 2.11. The molecule has 15 heavy (non-hydrogen) atoms. The summed E-state index contributed by atoms with van der Waals surface area (Å²) < 4.78 is 4.83. The zero-order valence-corrected chi connectivity index (χ0v) is 9.63. The highest BCUT2D eigenvalue weighted by Crippen LogP contribution is 2.14. The van der Waals surface area contributed by atoms with Gasteiger partial charge in [-0.1, -0.05) is 0 Å². The third-order valence-corrected chi connectivity index (χ3v) is 3.13. The van der Waals surface area contributed by atoms with Gasteiger partial charge in [-0.3, -0.25) is 10.1 Å². The fraction of sp³-hybridized carbons (Fsp3) is 0.500. The quantitative estimate of drug-likeness (QED) is 0.770. The Bertz CT molecular complexity index is 324. The molecule has 1 atom stereocenters. The second-order valence-corrected chi connectivity index (χ2v) is 4.25. The molecule has 84 valence electrons. The molecule has 4 nitrogen and oxygen atoms in total. The van der Waals surface area contributed by atoms with E-state index in [1.807, 2.05) is 18.4 Å². The first kappa shape index (κ1) is 12.2. The van der Waals surface area contributed by atoms with E-state index in [4.69, 9.17) is 9.84 Å². The number of ether oxygens (including phenoxy) is 1. The van der Waals surface area contributed by atoms with Gasteiger partial charge in [0.15, 0.2) is 0 Å². The number of thiophene rings is 1. The van der Waals surface area contributed by atoms with Gasteiger partial charge in [0.1, 0.15) is 6.04 Å². The molecule has 0 amide bonds. The second kappa shape index (κ2) is 5.85. The maximum Gasteiger partial charge on any atom is 0.323 e. The van der Waals surface area contributed by atoms with Crippen molar-refractivity contribution in [2.75, 3.05) is 13.7 Å². The Morgan fingerprint density at radius 3 is 2.93 bits per heavy atom. The lowest BCUT2D eigenvalue weighted by molar-refractivity contribution is -0.140. The van der Waals surface area contributed by atoms with Gasteiger partial charge in [-0.15, -0.1) is 11.3 Å². The van der Waals surface area contributed by atoms with E-state index in [-0.39, 0.29) is 6.61 Å². The Morgan fingerprint density at radius 2 is 2.47 bits per heavy atom. The van der Waals surface area contributed by atoms with Gasteiger partial charge in [0.05, 0.1) is 6.61 Å². The first-order chi connectivity index (χ1) is 7.15. The number of carbonyl (C=O) groups is 1. The van der Waals surface area contributed by atoms with E-state index in [0.717, 1.165) is 4.88 Å². The number of aliphatic carboxylic acids is 1. The van der Waals surface area contributed by atoms with Crippen LogP contribution >= 0.6 is 11.3 Å². The van der Waals surface area contributed by atoms with Crippen LogP contribution in [-0.4, -0.2) is 30.8 Å². The Hall–Kier alpha value is -0.910. The lowest BCUT2D eigenvalue weighted by Crippen LogP contribution is -2.39. The minimum absolute atomic E-state index is 0.180. The molecule has 0 aromatic carbocycles. The topological polar surface area (TPSA) is 58.6 Å². The number of carboxylic acids is 1. The third kappa shape index (κ3) is 3.62. The van der Waals surface area contributed by atoms with Crippen molar-refractivity contribution in [1.82, 2.24) is 5.32 Å². The van der Waals surface area contributed by atoms with Crippen LogP contribution in [0.5, 0.6) is 0 Å². The van der Waals surface area contributed by atoms with Crippen molar-refractivity contribution >= 4 is 17.3 Å². The van der Waals surface area contributed by atoms with Crippen LogP contribution in [0.25, 0.3) is 0 Å². The molecule has 0 saturated carbocycles. The predicted octanol–water partition coefficient (Wildman–Crippen LogP) is 1.25. The summed E-state index contributed by atoms with van der Waals surface area (Å²) in [6.45, 7) is 2.77. The Balaban J connectivity index is 2.47. The van der Waals surface area contributed by atoms with Gasteiger partial charge in [0, 0.05) is 18.5 Å². The van der Waals surface area contributed by atoms with Crippen LogP contribution in [0.1, 0.15) is 10.4 Å². The van der Waals surface area contributed by atoms with Gasteiger partial charge in [-0.25, -0.2) is 0 Å². The molecule has 0 fully saturated rings. The molecule has 0 saturated heterocycles. The minimum atomic E-state index is -0.883. The van der Waals surface area contributed by atoms with E-state index in [9.17, 15) is 4.79 Å². The average Bonchev–Trinajstić information content (AvgIpc) is 2.58. The number of hydrogen-bond donors (Lipinski definition) is 2. The zero-order chi connectivity index (χ0) is 11.3. The summed E-state index contributed by atoms with van der Waals surface area (Å²) in [6.07, 6.45) is 0. The van der Waals surface area contributed by atoms with Gasteiger partial charge in [0.25, 0.3) is 0 Å². The number of methoxy groups -OCH3 is 1. The van der Waals surface area contributed by atoms with Crippen LogP contribution < -0.4 is 5.32 Å². The number of carboxylic acid groups (broad SMARTS) is 1. The number of rotatable bonds is 6. The van der Waals surface area contributed by atoms with E-state index >= 15 is 0 Å². The SMILES string of the molecule is COCC(NCc1sccc1C)C(=O)O. The predicted molar refractivity (Wildman–Crippen MR) is 59.2 cm³/mol. The van der Waals surface area contributed by atoms with Crippen molar-refractivity contribution < 1.29 is 14.6 Å². The van der Waals surface area contributed by atoms with Gasteiger partial charge in [0.2, 0.25) is 0 Å². The van der Waals surface area contributed by atoms with Crippen molar-refractivity contribution in [1.29, 1.82) is 0 Å². The van der Waals surface area contributed by atoms with Crippen molar-refractivity contribution in [3.8, 4) is 0 Å². The summed E-state index contributed by atoms with van der Waals surface area (Å²) in [5, 5.41) is 13.8. The molecule has 1 heterocycles. The molecule has 1 unspecified atom stereocenters. The van der Waals surface area contributed by atoms with Gasteiger partial charge < -0.3 is 9.84 Å². The number of nitrogens with one attached hydrogen (secondary N) is 1. The van der Waals surface area contributed by atoms with E-state index < -0.39 is 12.0 Å². The van der Waals surface area contributed by atoms with E-state index in [1.165, 1.54) is 12.7 Å². The highest BCUT2D eigenvalue weighted by Gasteiger charge is 2.16. The van der Waals surface area contributed by atoms with Gasteiger partial charge in [-0.05, 0) is 23.9 Å². The van der Waals surface area contributed by atoms with E-state index in [0.29, 0.717) is 6.54 Å². The average molecular weight is 229 g/mol. The van der Waals surface area contributed by atoms with Gasteiger partial charge >= 0.3 is 5.97 Å². The normalized spacial score (nSPS) is 12.7. The summed E-state index contributed by atoms with van der Waals surface area (Å²) in [5.41, 5.74) is 1.19. The summed E-state index contributed by atoms with van der Waals surface area (Å²) in [6, 6.07) is 1.38. The van der Waals surface area contributed by atoms with Crippen LogP contribution in [0.2, 0.25) is 0 Å². The summed E-state index contributed by atoms with van der Waals surface area (Å²) in [7, 11) is 1.49. The lowest BCUT2D eigenvalue weighted by Gasteiger charge is -2.12. The molecular formula is C10H15NO3S. The standard InChI is InChI=1S/C10H15NO3S/c1-7-3-4-15-9(7)5-11-8(6-14-2)10(12)13/h3-4,8,11H,5-6H2,1-2H3,(H,12,13). The molecule has 0 bridgehead atoms. The molecule has 0 aliphatic carbocycles. The molecule has 1 aromatic rings. The minimum Gasteiger partial charge on any atom is -0.480 e. The summed E-state index contributed by atoms with van der Waals surface area (Å²) in [4.78, 5) is 12.0. The Kier molecular flexibility index (Phi) is 4.74. The fourth-order valence-corrected chi connectivity index (χ4v) is 2.04. The molecular weight excluding hydrogens is 214 g/mol. The van der Waals surface area contributed by atoms with Crippen molar-refractivity contribution in [2.45, 2.75) is 19.5 Å². The molecule has 1 rings (SSSR count). The van der Waals surface area contributed by atoms with Gasteiger partial charge in [-0.2, -0.15) is 0 Å². The van der Waals surface area contributed by atoms with E-state index in [2.05, 4.69) is 5.32 Å². The summed E-state index contributed by atoms with van der Waals surface area (Å²) in [5.74, 6) is -0.883. The van der Waals surface area contributed by atoms with E-state index in [1.54, 1.807) is 11.3 Å². The van der Waals surface area contributed by atoms with Crippen LogP contribution in [-0.2, 0) is 16.1 Å². The number of hydrogen-bond acceptors (Lipinski definition) is 4. The van der Waals surface area contributed by atoms with Crippen LogP contribution in [0.15, 0.2) is 11.4 Å². The van der Waals surface area contributed by atoms with Crippen LogP contribution in [0.4, 0.5) is 0 Å². The fourth-order valence-electron chi connectivity index (χ4n) is 1.19. The summed E-state index contributed by atoms with van der Waals surface area (Å²) >= 11 is 1.63. The smallest absolute Gasteiger partial charge is 0.323 e. The highest BCUT2D eigenvalue weighted by molar-refractivity contribution is 7.10. The molecule has 0 aliphatic rings. The number of aryl methyl sites for hydroxylation is 1. The van der Waals surface area contributed by atoms with Crippen LogP contribution in [0.3, 0.4) is 0 Å². The maximum atomic E-state index is 10.8. The second-order valence-electron chi connectivity index (χ2n) is 3.25. The molecule has 2 N–H and O–H groups in total. The first-order valence-electron chi connectivity index (χ1n) is 4.63. The molecule has 5 heteroatoms. The zero-order valence-electron chi connectivity index (χ0n) is 8.82. The lowest BCUT2D eigenvalue weighted by atomic mass is 10.2. The van der Waals surface area contributed by atoms with Crippen molar-refractivity contribution in [3.63, 3.8) is 0 Å². The first-order valence-corrected chi connectivity index (χ1v) is 5.51. The molecule has 1 aromatic heterocycles. The van der Waals surface area contributed by atoms with Crippen LogP contribution in [0, 0.1) is 6.92 Å². The molecule has 0 aliphatic heterocycles. The molecule has 0 radical (unpaired) electrons. The largest absolute Gasteiger partial charge is 0.480 e. The monoisotopic (exact) mass is 229 g/mol. The Labute approximate surface area is 92.9 Å². The van der Waals surface area contributed by atoms with Crippen molar-refractivity contribution in [3.05, 3.63) is 21.9 Å². The molecule has 0 spiro atoms. The maximum absolute atomic E-state index is 10.8.